The highest BCUT2D eigenvalue weighted by Crippen LogP contribution is 2.20. The van der Waals surface area contributed by atoms with Crippen LogP contribution in [0, 0.1) is 17.8 Å². The Kier molecular flexibility index (Phi) is 13.3. The van der Waals surface area contributed by atoms with Crippen LogP contribution in [0.3, 0.4) is 0 Å². The van der Waals surface area contributed by atoms with Crippen LogP contribution in [0.4, 0.5) is 0 Å². The van der Waals surface area contributed by atoms with E-state index in [1.807, 2.05) is 6.92 Å². The third-order valence-electron chi connectivity index (χ3n) is 3.63. The Balaban J connectivity index is 3.38. The fourth-order valence-corrected chi connectivity index (χ4v) is 2.36. The van der Waals surface area contributed by atoms with Gasteiger partial charge in [0.25, 0.3) is 0 Å². The van der Waals surface area contributed by atoms with Gasteiger partial charge in [-0.2, -0.15) is 0 Å². The Bertz CT molecular complexity index is 194. The summed E-state index contributed by atoms with van der Waals surface area (Å²) >= 11 is 0. The van der Waals surface area contributed by atoms with Crippen LogP contribution >= 0.6 is 0 Å². The fourth-order valence-electron chi connectivity index (χ4n) is 2.36. The van der Waals surface area contributed by atoms with E-state index in [2.05, 4.69) is 25.7 Å². The summed E-state index contributed by atoms with van der Waals surface area (Å²) in [5.74, 6) is 7.11. The van der Waals surface area contributed by atoms with Crippen molar-refractivity contribution in [3.8, 4) is 11.8 Å². The molecule has 0 fully saturated rings. The summed E-state index contributed by atoms with van der Waals surface area (Å²) < 4.78 is 0. The van der Waals surface area contributed by atoms with E-state index in [4.69, 9.17) is 0 Å². The normalized spacial score (nSPS) is 11.9. The highest BCUT2D eigenvalue weighted by molar-refractivity contribution is 4.94. The largest absolute Gasteiger partial charge is 0.107 e. The molecule has 1 unspecified atom stereocenters. The van der Waals surface area contributed by atoms with Crippen molar-refractivity contribution in [1.82, 2.24) is 0 Å². The van der Waals surface area contributed by atoms with Crippen LogP contribution in [0.2, 0.25) is 0 Å². The molecule has 0 aliphatic carbocycles. The minimum absolute atomic E-state index is 0.978. The minimum Gasteiger partial charge on any atom is -0.107 e. The number of unbranched alkanes of at least 4 members (excludes halogenated alkanes) is 6. The van der Waals surface area contributed by atoms with E-state index in [1.54, 1.807) is 0 Å². The summed E-state index contributed by atoms with van der Waals surface area (Å²) in [4.78, 5) is 0. The number of rotatable bonds is 11. The predicted molar refractivity (Wildman–Crippen MR) is 79.1 cm³/mol. The summed E-state index contributed by atoms with van der Waals surface area (Å²) in [6, 6.07) is 0. The molecule has 100 valence electrons. The molecule has 0 nitrogen and oxygen atoms in total. The molecule has 0 aromatic rings. The van der Waals surface area contributed by atoms with Gasteiger partial charge in [-0.15, -0.1) is 11.8 Å². The Morgan fingerprint density at radius 3 is 2.06 bits per heavy atom. The van der Waals surface area contributed by atoms with E-state index < -0.39 is 0 Å². The topological polar surface area (TPSA) is 0 Å². The second kappa shape index (κ2) is 13.6. The smallest absolute Gasteiger partial charge is 0.00885 e. The number of hydrogen-bond donors (Lipinski definition) is 0. The van der Waals surface area contributed by atoms with Gasteiger partial charge in [0.1, 0.15) is 0 Å². The Hall–Kier alpha value is -0.440. The molecule has 0 saturated heterocycles. The van der Waals surface area contributed by atoms with E-state index in [1.165, 1.54) is 64.2 Å². The lowest BCUT2D eigenvalue weighted by molar-refractivity contribution is 0.398. The molecule has 0 heterocycles. The van der Waals surface area contributed by atoms with Gasteiger partial charge >= 0.3 is 0 Å². The van der Waals surface area contributed by atoms with Crippen molar-refractivity contribution in [2.75, 3.05) is 0 Å². The van der Waals surface area contributed by atoms with Crippen LogP contribution in [-0.2, 0) is 0 Å². The maximum absolute atomic E-state index is 3.16. The third kappa shape index (κ3) is 11.8. The molecule has 17 heavy (non-hydrogen) atoms. The predicted octanol–water partition coefficient (Wildman–Crippen LogP) is 5.96. The highest BCUT2D eigenvalue weighted by Gasteiger charge is 2.05. The molecule has 0 radical (unpaired) electrons. The van der Waals surface area contributed by atoms with Crippen LogP contribution in [-0.4, -0.2) is 0 Å². The zero-order valence-corrected chi connectivity index (χ0v) is 12.4. The Morgan fingerprint density at radius 2 is 1.47 bits per heavy atom. The zero-order chi connectivity index (χ0) is 12.8. The van der Waals surface area contributed by atoms with Crippen LogP contribution in [0.25, 0.3) is 0 Å². The highest BCUT2D eigenvalue weighted by atomic mass is 14.1. The summed E-state index contributed by atoms with van der Waals surface area (Å²) in [5.41, 5.74) is 0. The molecule has 0 aromatic heterocycles. The molecule has 0 saturated carbocycles. The van der Waals surface area contributed by atoms with Crippen molar-refractivity contribution in [3.05, 3.63) is 0 Å². The Morgan fingerprint density at radius 1 is 0.824 bits per heavy atom. The van der Waals surface area contributed by atoms with Crippen molar-refractivity contribution in [3.63, 3.8) is 0 Å². The van der Waals surface area contributed by atoms with Crippen molar-refractivity contribution >= 4 is 0 Å². The Labute approximate surface area is 110 Å². The third-order valence-corrected chi connectivity index (χ3v) is 3.63. The van der Waals surface area contributed by atoms with Gasteiger partial charge < -0.3 is 0 Å². The second-order valence-electron chi connectivity index (χ2n) is 5.15. The van der Waals surface area contributed by atoms with Crippen molar-refractivity contribution in [2.45, 2.75) is 91.4 Å². The summed E-state index contributed by atoms with van der Waals surface area (Å²) in [6.45, 7) is 6.57. The van der Waals surface area contributed by atoms with Crippen LogP contribution in [0.5, 0.6) is 0 Å². The minimum atomic E-state index is 0.978. The van der Waals surface area contributed by atoms with Crippen LogP contribution < -0.4 is 0 Å². The van der Waals surface area contributed by atoms with Gasteiger partial charge in [-0.05, 0) is 19.3 Å². The fraction of sp³-hybridized carbons (Fsp3) is 0.882. The number of hydrogen-bond acceptors (Lipinski definition) is 0. The first kappa shape index (κ1) is 16.6. The monoisotopic (exact) mass is 236 g/mol. The van der Waals surface area contributed by atoms with E-state index in [9.17, 15) is 0 Å². The molecule has 0 aliphatic rings. The first-order valence-electron chi connectivity index (χ1n) is 7.74. The molecule has 0 N–H and O–H groups in total. The lowest BCUT2D eigenvalue weighted by atomic mass is 9.92. The molecule has 0 aromatic carbocycles. The van der Waals surface area contributed by atoms with E-state index in [0.717, 1.165) is 12.3 Å². The lowest BCUT2D eigenvalue weighted by Gasteiger charge is -2.14. The molecule has 0 aliphatic heterocycles. The van der Waals surface area contributed by atoms with Crippen molar-refractivity contribution < 1.29 is 0 Å². The van der Waals surface area contributed by atoms with Crippen molar-refractivity contribution in [1.29, 1.82) is 0 Å². The summed E-state index contributed by atoms with van der Waals surface area (Å²) in [7, 11) is 0. The van der Waals surface area contributed by atoms with Crippen molar-refractivity contribution in [2.24, 2.45) is 5.92 Å². The first-order valence-corrected chi connectivity index (χ1v) is 7.74. The van der Waals surface area contributed by atoms with Crippen LogP contribution in [0.1, 0.15) is 91.4 Å². The van der Waals surface area contributed by atoms with Crippen LogP contribution in [0.15, 0.2) is 0 Å². The van der Waals surface area contributed by atoms with Gasteiger partial charge in [-0.25, -0.2) is 0 Å². The lowest BCUT2D eigenvalue weighted by Crippen LogP contribution is -1.99. The van der Waals surface area contributed by atoms with Gasteiger partial charge in [0.05, 0.1) is 0 Å². The van der Waals surface area contributed by atoms with E-state index in [0.29, 0.717) is 0 Å². The molecule has 0 amide bonds. The maximum atomic E-state index is 3.16. The zero-order valence-electron chi connectivity index (χ0n) is 12.4. The summed E-state index contributed by atoms with van der Waals surface area (Å²) in [5, 5.41) is 0. The van der Waals surface area contributed by atoms with Gasteiger partial charge in [0.2, 0.25) is 0 Å². The molecule has 0 spiro atoms. The van der Waals surface area contributed by atoms with Gasteiger partial charge in [0.15, 0.2) is 0 Å². The molecule has 1 atom stereocenters. The van der Waals surface area contributed by atoms with E-state index >= 15 is 0 Å². The second-order valence-corrected chi connectivity index (χ2v) is 5.15. The van der Waals surface area contributed by atoms with Gasteiger partial charge in [0, 0.05) is 6.42 Å². The quantitative estimate of drug-likeness (QED) is 0.307. The van der Waals surface area contributed by atoms with Gasteiger partial charge in [-0.1, -0.05) is 71.6 Å². The molecule has 0 rings (SSSR count). The average molecular weight is 236 g/mol. The van der Waals surface area contributed by atoms with Gasteiger partial charge in [-0.3, -0.25) is 0 Å². The molecular formula is C17H32. The SMILES string of the molecule is CC#CCCCCC(CC)CCCCCCC. The molecule has 0 bridgehead atoms. The average Bonchev–Trinajstić information content (AvgIpc) is 2.36. The summed E-state index contributed by atoms with van der Waals surface area (Å²) in [6.07, 6.45) is 15.2. The molecule has 0 heteroatoms. The molecular weight excluding hydrogens is 204 g/mol. The first-order chi connectivity index (χ1) is 8.35. The maximum Gasteiger partial charge on any atom is 0.00885 e. The standard InChI is InChI=1S/C17H32/c1-4-7-9-11-13-15-17(6-3)16-14-12-10-8-5-2/h17H,4,6-7,9-16H2,1-3H3. The van der Waals surface area contributed by atoms with E-state index in [-0.39, 0.29) is 0 Å².